The SMILES string of the molecule is Cl.Cl.O=[N+]([O-])c1ccc(Cl)c([C@H](C2CCCCC2)N2CCNCC2)c1. The van der Waals surface area contributed by atoms with E-state index >= 15 is 0 Å². The molecule has 2 aliphatic rings. The number of nitrogens with one attached hydrogen (secondary N) is 1. The molecule has 25 heavy (non-hydrogen) atoms. The largest absolute Gasteiger partial charge is 0.314 e. The number of hydrogen-bond donors (Lipinski definition) is 1. The minimum Gasteiger partial charge on any atom is -0.314 e. The van der Waals surface area contributed by atoms with Gasteiger partial charge in [-0.2, -0.15) is 0 Å². The molecule has 1 N–H and O–H groups in total. The molecule has 3 rings (SSSR count). The molecule has 0 radical (unpaired) electrons. The summed E-state index contributed by atoms with van der Waals surface area (Å²) in [6.07, 6.45) is 6.17. The molecule has 1 aliphatic carbocycles. The predicted molar refractivity (Wildman–Crippen MR) is 106 cm³/mol. The van der Waals surface area contributed by atoms with E-state index in [-0.39, 0.29) is 41.5 Å². The summed E-state index contributed by atoms with van der Waals surface area (Å²) in [5, 5.41) is 15.2. The van der Waals surface area contributed by atoms with E-state index in [0.29, 0.717) is 10.9 Å². The van der Waals surface area contributed by atoms with Crippen molar-refractivity contribution in [3.63, 3.8) is 0 Å². The molecule has 1 saturated heterocycles. The van der Waals surface area contributed by atoms with Gasteiger partial charge in [0, 0.05) is 49.4 Å². The van der Waals surface area contributed by atoms with Crippen LogP contribution in [0.5, 0.6) is 0 Å². The molecule has 142 valence electrons. The van der Waals surface area contributed by atoms with Gasteiger partial charge in [0.25, 0.3) is 5.69 Å². The Morgan fingerprint density at radius 2 is 1.80 bits per heavy atom. The van der Waals surface area contributed by atoms with Crippen LogP contribution in [0.4, 0.5) is 5.69 Å². The van der Waals surface area contributed by atoms with E-state index in [9.17, 15) is 10.1 Å². The summed E-state index contributed by atoms with van der Waals surface area (Å²) >= 11 is 6.47. The van der Waals surface area contributed by atoms with Crippen LogP contribution in [0.15, 0.2) is 18.2 Å². The third kappa shape index (κ3) is 5.44. The zero-order valence-electron chi connectivity index (χ0n) is 14.2. The molecule has 0 bridgehead atoms. The number of nitro benzene ring substituents is 1. The lowest BCUT2D eigenvalue weighted by Crippen LogP contribution is -2.47. The van der Waals surface area contributed by atoms with E-state index in [1.165, 1.54) is 38.2 Å². The van der Waals surface area contributed by atoms with Crippen molar-refractivity contribution in [2.45, 2.75) is 38.1 Å². The average molecular weight is 411 g/mol. The molecule has 1 atom stereocenters. The Morgan fingerprint density at radius 3 is 2.40 bits per heavy atom. The fraction of sp³-hybridized carbons (Fsp3) is 0.647. The first-order chi connectivity index (χ1) is 11.2. The van der Waals surface area contributed by atoms with Crippen molar-refractivity contribution >= 4 is 42.1 Å². The first-order valence-corrected chi connectivity index (χ1v) is 8.93. The highest BCUT2D eigenvalue weighted by molar-refractivity contribution is 6.31. The number of nitrogens with zero attached hydrogens (tertiary/aromatic N) is 2. The molecule has 2 fully saturated rings. The third-order valence-electron chi connectivity index (χ3n) is 5.15. The molecule has 5 nitrogen and oxygen atoms in total. The van der Waals surface area contributed by atoms with Gasteiger partial charge >= 0.3 is 0 Å². The molecular weight excluding hydrogens is 385 g/mol. The van der Waals surface area contributed by atoms with E-state index in [1.54, 1.807) is 12.1 Å². The highest BCUT2D eigenvalue weighted by Gasteiger charge is 2.33. The summed E-state index contributed by atoms with van der Waals surface area (Å²) in [5.74, 6) is 0.543. The van der Waals surface area contributed by atoms with E-state index in [1.807, 2.05) is 0 Å². The maximum absolute atomic E-state index is 11.2. The van der Waals surface area contributed by atoms with Gasteiger partial charge in [0.1, 0.15) is 0 Å². The highest BCUT2D eigenvalue weighted by Crippen LogP contribution is 2.41. The number of hydrogen-bond acceptors (Lipinski definition) is 4. The number of rotatable bonds is 4. The number of nitro groups is 1. The molecule has 1 saturated carbocycles. The van der Waals surface area contributed by atoms with Gasteiger partial charge in [0.15, 0.2) is 0 Å². The lowest BCUT2D eigenvalue weighted by atomic mass is 9.80. The maximum Gasteiger partial charge on any atom is 0.269 e. The van der Waals surface area contributed by atoms with Crippen molar-refractivity contribution in [3.05, 3.63) is 38.9 Å². The average Bonchev–Trinajstić information content (AvgIpc) is 2.58. The second-order valence-corrected chi connectivity index (χ2v) is 7.00. The first-order valence-electron chi connectivity index (χ1n) is 8.55. The fourth-order valence-corrected chi connectivity index (χ4v) is 4.26. The van der Waals surface area contributed by atoms with Gasteiger partial charge in [-0.05, 0) is 30.4 Å². The molecule has 0 aromatic heterocycles. The first kappa shape index (κ1) is 22.5. The smallest absolute Gasteiger partial charge is 0.269 e. The molecule has 1 aromatic rings. The Morgan fingerprint density at radius 1 is 1.16 bits per heavy atom. The van der Waals surface area contributed by atoms with Crippen LogP contribution in [0.3, 0.4) is 0 Å². The molecular formula is C17H26Cl3N3O2. The van der Waals surface area contributed by atoms with Crippen molar-refractivity contribution in [2.75, 3.05) is 26.2 Å². The molecule has 0 amide bonds. The van der Waals surface area contributed by atoms with Gasteiger partial charge in [-0.3, -0.25) is 15.0 Å². The van der Waals surface area contributed by atoms with Crippen LogP contribution in [0.25, 0.3) is 0 Å². The predicted octanol–water partition coefficient (Wildman–Crippen LogP) is 4.62. The van der Waals surface area contributed by atoms with Crippen LogP contribution in [-0.2, 0) is 0 Å². The molecule has 1 aromatic carbocycles. The maximum atomic E-state index is 11.2. The summed E-state index contributed by atoms with van der Waals surface area (Å²) < 4.78 is 0. The third-order valence-corrected chi connectivity index (χ3v) is 5.49. The van der Waals surface area contributed by atoms with Crippen LogP contribution in [0.2, 0.25) is 5.02 Å². The minimum atomic E-state index is -0.324. The normalized spacial score (nSPS) is 20.2. The van der Waals surface area contributed by atoms with Crippen LogP contribution in [-0.4, -0.2) is 36.0 Å². The van der Waals surface area contributed by atoms with E-state index in [4.69, 9.17) is 11.6 Å². The van der Waals surface area contributed by atoms with Gasteiger partial charge in [0.2, 0.25) is 0 Å². The topological polar surface area (TPSA) is 58.4 Å². The Bertz CT molecular complexity index is 544. The summed E-state index contributed by atoms with van der Waals surface area (Å²) in [5.41, 5.74) is 1.08. The standard InChI is InChI=1S/C17H24ClN3O2.2ClH/c18-16-7-6-14(21(22)23)12-15(16)17(13-4-2-1-3-5-13)20-10-8-19-9-11-20;;/h6-7,12-13,17,19H,1-5,8-11H2;2*1H/t17-;;/m0../s1. The van der Waals surface area contributed by atoms with Gasteiger partial charge in [-0.1, -0.05) is 30.9 Å². The highest BCUT2D eigenvalue weighted by atomic mass is 35.5. The van der Waals surface area contributed by atoms with Crippen molar-refractivity contribution < 1.29 is 4.92 Å². The molecule has 8 heteroatoms. The number of non-ortho nitro benzene ring substituents is 1. The molecule has 1 heterocycles. The molecule has 0 unspecified atom stereocenters. The summed E-state index contributed by atoms with van der Waals surface area (Å²) in [6, 6.07) is 5.09. The lowest BCUT2D eigenvalue weighted by Gasteiger charge is -2.41. The minimum absolute atomic E-state index is 0. The Labute approximate surface area is 166 Å². The quantitative estimate of drug-likeness (QED) is 0.581. The summed E-state index contributed by atoms with van der Waals surface area (Å²) in [7, 11) is 0. The van der Waals surface area contributed by atoms with Crippen molar-refractivity contribution in [1.29, 1.82) is 0 Å². The Kier molecular flexibility index (Phi) is 9.46. The van der Waals surface area contributed by atoms with Gasteiger partial charge < -0.3 is 5.32 Å². The summed E-state index contributed by atoms with van der Waals surface area (Å²) in [4.78, 5) is 13.3. The lowest BCUT2D eigenvalue weighted by molar-refractivity contribution is -0.385. The zero-order chi connectivity index (χ0) is 16.2. The van der Waals surface area contributed by atoms with E-state index < -0.39 is 0 Å². The molecule has 1 aliphatic heterocycles. The van der Waals surface area contributed by atoms with Crippen molar-refractivity contribution in [1.82, 2.24) is 10.2 Å². The van der Waals surface area contributed by atoms with Crippen molar-refractivity contribution in [3.8, 4) is 0 Å². The van der Waals surface area contributed by atoms with Crippen LogP contribution < -0.4 is 5.32 Å². The van der Waals surface area contributed by atoms with E-state index in [2.05, 4.69) is 10.2 Å². The summed E-state index contributed by atoms with van der Waals surface area (Å²) in [6.45, 7) is 3.88. The second-order valence-electron chi connectivity index (χ2n) is 6.59. The van der Waals surface area contributed by atoms with Gasteiger partial charge in [-0.15, -0.1) is 24.8 Å². The van der Waals surface area contributed by atoms with Crippen LogP contribution >= 0.6 is 36.4 Å². The Hall–Kier alpha value is -0.590. The zero-order valence-corrected chi connectivity index (χ0v) is 16.5. The monoisotopic (exact) mass is 409 g/mol. The Balaban J connectivity index is 0.00000156. The van der Waals surface area contributed by atoms with Crippen LogP contribution in [0, 0.1) is 16.0 Å². The van der Waals surface area contributed by atoms with Gasteiger partial charge in [-0.25, -0.2) is 0 Å². The second kappa shape index (κ2) is 10.5. The number of halogens is 3. The van der Waals surface area contributed by atoms with Crippen LogP contribution in [0.1, 0.15) is 43.7 Å². The van der Waals surface area contributed by atoms with E-state index in [0.717, 1.165) is 31.7 Å². The van der Waals surface area contributed by atoms with Crippen molar-refractivity contribution in [2.24, 2.45) is 5.92 Å². The number of benzene rings is 1. The molecule has 0 spiro atoms. The van der Waals surface area contributed by atoms with Gasteiger partial charge in [0.05, 0.1) is 4.92 Å². The fourth-order valence-electron chi connectivity index (χ4n) is 4.03. The number of piperazine rings is 1.